The molecular weight excluding hydrogens is 464 g/mol. The first-order valence-electron chi connectivity index (χ1n) is 10.6. The van der Waals surface area contributed by atoms with Crippen LogP contribution in [0.3, 0.4) is 0 Å². The average molecular weight is 487 g/mol. The van der Waals surface area contributed by atoms with Gasteiger partial charge in [-0.05, 0) is 55.3 Å². The highest BCUT2D eigenvalue weighted by Gasteiger charge is 2.25. The van der Waals surface area contributed by atoms with E-state index in [4.69, 9.17) is 11.6 Å². The number of halogens is 1. The Labute approximate surface area is 196 Å². The summed E-state index contributed by atoms with van der Waals surface area (Å²) < 4.78 is 28.7. The van der Waals surface area contributed by atoms with E-state index in [1.165, 1.54) is 45.5 Å². The minimum Gasteiger partial charge on any atom is -0.320 e. The number of anilines is 1. The van der Waals surface area contributed by atoms with Gasteiger partial charge in [0.2, 0.25) is 15.5 Å². The van der Waals surface area contributed by atoms with E-state index in [1.807, 2.05) is 0 Å². The molecule has 172 valence electrons. The first-order valence-corrected chi connectivity index (χ1v) is 12.4. The van der Waals surface area contributed by atoms with Crippen molar-refractivity contribution in [2.45, 2.75) is 30.6 Å². The van der Waals surface area contributed by atoms with Gasteiger partial charge in [0.25, 0.3) is 5.91 Å². The number of nitrogens with one attached hydrogen (secondary N) is 1. The number of benzene rings is 2. The molecule has 0 atom stereocenters. The predicted octanol–water partition coefficient (Wildman–Crippen LogP) is 3.70. The maximum atomic E-state index is 12.9. The summed E-state index contributed by atoms with van der Waals surface area (Å²) in [6.45, 7) is 1.03. The van der Waals surface area contributed by atoms with Gasteiger partial charge < -0.3 is 5.32 Å². The van der Waals surface area contributed by atoms with Crippen LogP contribution in [0.2, 0.25) is 5.02 Å². The number of amides is 1. The fourth-order valence-corrected chi connectivity index (χ4v) is 5.36. The third kappa shape index (κ3) is 5.32. The van der Waals surface area contributed by atoms with Crippen LogP contribution in [0.15, 0.2) is 70.5 Å². The zero-order valence-corrected chi connectivity index (χ0v) is 19.3. The van der Waals surface area contributed by atoms with Crippen molar-refractivity contribution in [3.63, 3.8) is 0 Å². The van der Waals surface area contributed by atoms with Gasteiger partial charge in [-0.25, -0.2) is 13.1 Å². The van der Waals surface area contributed by atoms with Crippen molar-refractivity contribution in [1.29, 1.82) is 0 Å². The van der Waals surface area contributed by atoms with Crippen molar-refractivity contribution >= 4 is 33.2 Å². The molecule has 33 heavy (non-hydrogen) atoms. The maximum absolute atomic E-state index is 12.9. The molecule has 0 saturated carbocycles. The van der Waals surface area contributed by atoms with E-state index in [1.54, 1.807) is 24.3 Å². The Morgan fingerprint density at radius 2 is 1.67 bits per heavy atom. The molecule has 1 fully saturated rings. The van der Waals surface area contributed by atoms with E-state index >= 15 is 0 Å². The molecule has 0 spiro atoms. The number of nitrogens with zero attached hydrogens (tertiary/aromatic N) is 3. The summed E-state index contributed by atoms with van der Waals surface area (Å²) in [5.41, 5.74) is 0.124. The summed E-state index contributed by atoms with van der Waals surface area (Å²) in [7, 11) is -3.59. The standard InChI is InChI=1S/C23H23ClN4O4S/c24-17-6-5-7-19(16-17)28-15-12-21(29)22(26-28)23(30)25-18-8-10-20(11-9-18)33(31,32)27-13-3-1-2-4-14-27/h5-12,15-16H,1-4,13-14H2,(H,25,30). The van der Waals surface area contributed by atoms with Crippen LogP contribution < -0.4 is 10.7 Å². The lowest BCUT2D eigenvalue weighted by Gasteiger charge is -2.20. The minimum atomic E-state index is -3.59. The molecule has 0 bridgehead atoms. The van der Waals surface area contributed by atoms with Gasteiger partial charge in [-0.2, -0.15) is 9.40 Å². The molecule has 1 aromatic heterocycles. The molecule has 0 unspecified atom stereocenters. The summed E-state index contributed by atoms with van der Waals surface area (Å²) in [4.78, 5) is 25.1. The van der Waals surface area contributed by atoms with Gasteiger partial charge in [0.05, 0.1) is 10.6 Å². The predicted molar refractivity (Wildman–Crippen MR) is 126 cm³/mol. The van der Waals surface area contributed by atoms with Crippen LogP contribution >= 0.6 is 11.6 Å². The van der Waals surface area contributed by atoms with Crippen molar-refractivity contribution < 1.29 is 13.2 Å². The molecule has 0 aliphatic carbocycles. The number of hydrogen-bond donors (Lipinski definition) is 1. The van der Waals surface area contributed by atoms with Crippen LogP contribution in [-0.4, -0.2) is 41.5 Å². The fourth-order valence-electron chi connectivity index (χ4n) is 3.66. The molecule has 0 radical (unpaired) electrons. The molecule has 2 aromatic carbocycles. The Morgan fingerprint density at radius 1 is 0.970 bits per heavy atom. The molecular formula is C23H23ClN4O4S. The quantitative estimate of drug-likeness (QED) is 0.592. The van der Waals surface area contributed by atoms with Crippen molar-refractivity contribution in [3.05, 3.63) is 81.7 Å². The number of sulfonamides is 1. The summed E-state index contributed by atoms with van der Waals surface area (Å²) in [6.07, 6.45) is 5.22. The lowest BCUT2D eigenvalue weighted by atomic mass is 10.2. The zero-order valence-electron chi connectivity index (χ0n) is 17.8. The first kappa shape index (κ1) is 23.2. The second-order valence-corrected chi connectivity index (χ2v) is 10.1. The van der Waals surface area contributed by atoms with E-state index in [0.29, 0.717) is 29.5 Å². The molecule has 1 amide bonds. The molecule has 8 nitrogen and oxygen atoms in total. The molecule has 1 aliphatic rings. The SMILES string of the molecule is O=C(Nc1ccc(S(=O)(=O)N2CCCCCC2)cc1)c1nn(-c2cccc(Cl)c2)ccc1=O. The van der Waals surface area contributed by atoms with E-state index in [0.717, 1.165) is 25.7 Å². The maximum Gasteiger partial charge on any atom is 0.280 e. The van der Waals surface area contributed by atoms with Crippen LogP contribution in [0.5, 0.6) is 0 Å². The highest BCUT2D eigenvalue weighted by atomic mass is 35.5. The van der Waals surface area contributed by atoms with Crippen LogP contribution in [0, 0.1) is 0 Å². The highest BCUT2D eigenvalue weighted by Crippen LogP contribution is 2.22. The number of carbonyl (C=O) groups excluding carboxylic acids is 1. The Bertz CT molecular complexity index is 1310. The largest absolute Gasteiger partial charge is 0.320 e. The van der Waals surface area contributed by atoms with Crippen molar-refractivity contribution in [2.75, 3.05) is 18.4 Å². The smallest absolute Gasteiger partial charge is 0.280 e. The van der Waals surface area contributed by atoms with E-state index in [2.05, 4.69) is 10.4 Å². The average Bonchev–Trinajstić information content (AvgIpc) is 3.10. The van der Waals surface area contributed by atoms with Gasteiger partial charge in [0.15, 0.2) is 5.69 Å². The van der Waals surface area contributed by atoms with Gasteiger partial charge in [-0.1, -0.05) is 30.5 Å². The fraction of sp³-hybridized carbons (Fsp3) is 0.261. The van der Waals surface area contributed by atoms with Crippen molar-refractivity contribution in [3.8, 4) is 5.69 Å². The Morgan fingerprint density at radius 3 is 2.33 bits per heavy atom. The molecule has 1 N–H and O–H groups in total. The summed E-state index contributed by atoms with van der Waals surface area (Å²) in [6, 6.07) is 14.0. The summed E-state index contributed by atoms with van der Waals surface area (Å²) in [5.74, 6) is -0.695. The number of hydrogen-bond acceptors (Lipinski definition) is 5. The molecule has 1 aliphatic heterocycles. The summed E-state index contributed by atoms with van der Waals surface area (Å²) >= 11 is 6.01. The van der Waals surface area contributed by atoms with Gasteiger partial charge in [-0.15, -0.1) is 0 Å². The van der Waals surface area contributed by atoms with Crippen LogP contribution in [-0.2, 0) is 10.0 Å². The monoisotopic (exact) mass is 486 g/mol. The van der Waals surface area contributed by atoms with Crippen LogP contribution in [0.4, 0.5) is 5.69 Å². The van der Waals surface area contributed by atoms with Crippen LogP contribution in [0.25, 0.3) is 5.69 Å². The van der Waals surface area contributed by atoms with Gasteiger partial charge >= 0.3 is 0 Å². The number of rotatable bonds is 5. The number of carbonyl (C=O) groups is 1. The van der Waals surface area contributed by atoms with Crippen molar-refractivity contribution in [1.82, 2.24) is 14.1 Å². The highest BCUT2D eigenvalue weighted by molar-refractivity contribution is 7.89. The first-order chi connectivity index (χ1) is 15.8. The van der Waals surface area contributed by atoms with E-state index in [9.17, 15) is 18.0 Å². The molecule has 10 heteroatoms. The summed E-state index contributed by atoms with van der Waals surface area (Å²) in [5, 5.41) is 7.24. The second-order valence-electron chi connectivity index (χ2n) is 7.75. The Hall–Kier alpha value is -3.01. The molecule has 3 aromatic rings. The second kappa shape index (κ2) is 9.86. The lowest BCUT2D eigenvalue weighted by molar-refractivity contribution is 0.101. The van der Waals surface area contributed by atoms with Crippen molar-refractivity contribution in [2.24, 2.45) is 0 Å². The zero-order chi connectivity index (χ0) is 23.4. The van der Waals surface area contributed by atoms with E-state index < -0.39 is 21.4 Å². The van der Waals surface area contributed by atoms with Gasteiger partial charge in [0, 0.05) is 36.1 Å². The third-order valence-electron chi connectivity index (χ3n) is 5.41. The third-order valence-corrected chi connectivity index (χ3v) is 7.56. The molecule has 2 heterocycles. The van der Waals surface area contributed by atoms with Crippen LogP contribution in [0.1, 0.15) is 36.2 Å². The topological polar surface area (TPSA) is 101 Å². The Balaban J connectivity index is 1.52. The van der Waals surface area contributed by atoms with Gasteiger partial charge in [0.1, 0.15) is 0 Å². The molecule has 4 rings (SSSR count). The Kier molecular flexibility index (Phi) is 6.92. The minimum absolute atomic E-state index is 0.170. The van der Waals surface area contributed by atoms with E-state index in [-0.39, 0.29) is 10.6 Å². The van der Waals surface area contributed by atoms with Gasteiger partial charge in [-0.3, -0.25) is 9.59 Å². The lowest BCUT2D eigenvalue weighted by Crippen LogP contribution is -2.31. The molecule has 1 saturated heterocycles. The normalized spacial score (nSPS) is 15.1. The number of aromatic nitrogens is 2.